The van der Waals surface area contributed by atoms with E-state index in [0.717, 1.165) is 23.6 Å². The van der Waals surface area contributed by atoms with Crippen molar-refractivity contribution in [1.29, 1.82) is 0 Å². The van der Waals surface area contributed by atoms with Crippen LogP contribution < -0.4 is 0 Å². The van der Waals surface area contributed by atoms with Crippen LogP contribution in [0.1, 0.15) is 12.8 Å². The Labute approximate surface area is 153 Å². The first-order valence-electron chi connectivity index (χ1n) is 8.95. The summed E-state index contributed by atoms with van der Waals surface area (Å²) in [6.07, 6.45) is 1.32. The summed E-state index contributed by atoms with van der Waals surface area (Å²) in [7, 11) is -3.56. The van der Waals surface area contributed by atoms with Gasteiger partial charge in [0.15, 0.2) is 0 Å². The predicted molar refractivity (Wildman–Crippen MR) is 98.3 cm³/mol. The van der Waals surface area contributed by atoms with Crippen LogP contribution in [-0.4, -0.2) is 62.4 Å². The van der Waals surface area contributed by atoms with Crippen molar-refractivity contribution >= 4 is 26.7 Å². The van der Waals surface area contributed by atoms with Crippen molar-refractivity contribution in [1.82, 2.24) is 9.21 Å². The van der Waals surface area contributed by atoms with Crippen LogP contribution in [0.5, 0.6) is 0 Å². The quantitative estimate of drug-likeness (QED) is 0.822. The van der Waals surface area contributed by atoms with Gasteiger partial charge < -0.3 is 9.64 Å². The van der Waals surface area contributed by atoms with Crippen LogP contribution in [0.3, 0.4) is 0 Å². The number of piperazine rings is 1. The average molecular weight is 374 g/mol. The molecule has 0 saturated carbocycles. The van der Waals surface area contributed by atoms with Crippen LogP contribution in [0.15, 0.2) is 47.4 Å². The van der Waals surface area contributed by atoms with Crippen molar-refractivity contribution in [2.75, 3.05) is 32.8 Å². The van der Waals surface area contributed by atoms with Crippen molar-refractivity contribution in [2.24, 2.45) is 0 Å². The van der Waals surface area contributed by atoms with E-state index >= 15 is 0 Å². The molecule has 0 radical (unpaired) electrons. The Morgan fingerprint density at radius 2 is 1.73 bits per heavy atom. The second-order valence-corrected chi connectivity index (χ2v) is 8.68. The maximum Gasteiger partial charge on any atom is 0.251 e. The summed E-state index contributed by atoms with van der Waals surface area (Å²) in [4.78, 5) is 14.4. The molecule has 0 N–H and O–H groups in total. The second kappa shape index (κ2) is 6.98. The van der Waals surface area contributed by atoms with Crippen molar-refractivity contribution in [2.45, 2.75) is 23.8 Å². The number of benzene rings is 2. The number of carbonyl (C=O) groups is 1. The number of fused-ring (bicyclic) bond motifs is 1. The van der Waals surface area contributed by atoms with Crippen LogP contribution in [0, 0.1) is 0 Å². The number of sulfonamides is 1. The molecule has 2 fully saturated rings. The van der Waals surface area contributed by atoms with Crippen LogP contribution in [0.25, 0.3) is 10.8 Å². The lowest BCUT2D eigenvalue weighted by atomic mass is 10.1. The lowest BCUT2D eigenvalue weighted by Crippen LogP contribution is -2.52. The number of ether oxygens (including phenoxy) is 1. The van der Waals surface area contributed by atoms with Crippen LogP contribution >= 0.6 is 0 Å². The van der Waals surface area contributed by atoms with E-state index in [-0.39, 0.29) is 12.0 Å². The molecular formula is C19H22N2O4S. The van der Waals surface area contributed by atoms with Crippen molar-refractivity contribution in [3.63, 3.8) is 0 Å². The molecule has 1 atom stereocenters. The molecule has 138 valence electrons. The molecule has 0 aromatic heterocycles. The molecule has 1 amide bonds. The van der Waals surface area contributed by atoms with Gasteiger partial charge in [-0.05, 0) is 35.7 Å². The van der Waals surface area contributed by atoms with Gasteiger partial charge in [0.1, 0.15) is 6.10 Å². The zero-order valence-corrected chi connectivity index (χ0v) is 15.3. The van der Waals surface area contributed by atoms with Crippen LogP contribution in [0.2, 0.25) is 0 Å². The van der Waals surface area contributed by atoms with Gasteiger partial charge in [0.05, 0.1) is 4.90 Å². The van der Waals surface area contributed by atoms with E-state index in [1.54, 1.807) is 17.0 Å². The number of hydrogen-bond donors (Lipinski definition) is 0. The molecule has 0 aliphatic carbocycles. The van der Waals surface area contributed by atoms with E-state index in [4.69, 9.17) is 4.74 Å². The number of hydrogen-bond acceptors (Lipinski definition) is 4. The van der Waals surface area contributed by atoms with Gasteiger partial charge in [0.2, 0.25) is 10.0 Å². The Morgan fingerprint density at radius 1 is 1.00 bits per heavy atom. The lowest BCUT2D eigenvalue weighted by molar-refractivity contribution is -0.142. The molecule has 2 aliphatic heterocycles. The minimum atomic E-state index is -3.56. The Kier molecular flexibility index (Phi) is 4.69. The van der Waals surface area contributed by atoms with E-state index in [1.165, 1.54) is 4.31 Å². The van der Waals surface area contributed by atoms with E-state index in [0.29, 0.717) is 37.7 Å². The van der Waals surface area contributed by atoms with Crippen molar-refractivity contribution in [3.05, 3.63) is 42.5 Å². The highest BCUT2D eigenvalue weighted by Crippen LogP contribution is 2.23. The summed E-state index contributed by atoms with van der Waals surface area (Å²) < 4.78 is 32.8. The summed E-state index contributed by atoms with van der Waals surface area (Å²) in [5.41, 5.74) is 0. The number of amides is 1. The molecule has 2 aromatic carbocycles. The molecule has 6 nitrogen and oxygen atoms in total. The van der Waals surface area contributed by atoms with Crippen LogP contribution in [-0.2, 0) is 19.6 Å². The number of rotatable bonds is 3. The fourth-order valence-corrected chi connectivity index (χ4v) is 5.06. The summed E-state index contributed by atoms with van der Waals surface area (Å²) in [5.74, 6) is -0.00902. The first-order chi connectivity index (χ1) is 12.6. The number of nitrogens with zero attached hydrogens (tertiary/aromatic N) is 2. The third-order valence-electron chi connectivity index (χ3n) is 5.11. The summed E-state index contributed by atoms with van der Waals surface area (Å²) in [6, 6.07) is 12.9. The Hall–Kier alpha value is -1.96. The van der Waals surface area contributed by atoms with Gasteiger partial charge in [-0.3, -0.25) is 4.79 Å². The van der Waals surface area contributed by atoms with Crippen molar-refractivity contribution in [3.8, 4) is 0 Å². The molecule has 0 bridgehead atoms. The number of carbonyl (C=O) groups excluding carboxylic acids is 1. The van der Waals surface area contributed by atoms with Crippen molar-refractivity contribution < 1.29 is 17.9 Å². The Morgan fingerprint density at radius 3 is 2.42 bits per heavy atom. The molecule has 2 heterocycles. The minimum absolute atomic E-state index is 0.00902. The molecule has 2 saturated heterocycles. The Balaban J connectivity index is 1.47. The molecule has 2 aliphatic rings. The maximum absolute atomic E-state index is 13.0. The van der Waals surface area contributed by atoms with E-state index in [9.17, 15) is 13.2 Å². The molecule has 0 spiro atoms. The van der Waals surface area contributed by atoms with Crippen LogP contribution in [0.4, 0.5) is 0 Å². The third-order valence-corrected chi connectivity index (χ3v) is 7.01. The summed E-state index contributed by atoms with van der Waals surface area (Å²) >= 11 is 0. The highest BCUT2D eigenvalue weighted by atomic mass is 32.2. The molecule has 0 unspecified atom stereocenters. The monoisotopic (exact) mass is 374 g/mol. The smallest absolute Gasteiger partial charge is 0.251 e. The lowest BCUT2D eigenvalue weighted by Gasteiger charge is -2.35. The summed E-state index contributed by atoms with van der Waals surface area (Å²) in [6.45, 7) is 2.07. The van der Waals surface area contributed by atoms with Gasteiger partial charge in [0.25, 0.3) is 5.91 Å². The second-order valence-electron chi connectivity index (χ2n) is 6.74. The Bertz CT molecular complexity index is 914. The standard InChI is InChI=1S/C19H22N2O4S/c22-19(18-6-3-13-25-18)20-9-11-21(12-10-20)26(23,24)17-8-7-15-4-1-2-5-16(15)14-17/h1-2,4-5,7-8,14,18H,3,6,9-13H2/t18-/m0/s1. The molecule has 2 aromatic rings. The topological polar surface area (TPSA) is 66.9 Å². The molecule has 4 rings (SSSR count). The van der Waals surface area contributed by atoms with E-state index in [2.05, 4.69) is 0 Å². The third kappa shape index (κ3) is 3.22. The molecule has 26 heavy (non-hydrogen) atoms. The van der Waals surface area contributed by atoms with Gasteiger partial charge in [0, 0.05) is 32.8 Å². The van der Waals surface area contributed by atoms with Gasteiger partial charge in [-0.15, -0.1) is 0 Å². The van der Waals surface area contributed by atoms with Gasteiger partial charge in [-0.2, -0.15) is 4.31 Å². The molecular weight excluding hydrogens is 352 g/mol. The largest absolute Gasteiger partial charge is 0.368 e. The summed E-state index contributed by atoms with van der Waals surface area (Å²) in [5, 5.41) is 1.92. The SMILES string of the molecule is O=C([C@@H]1CCCO1)N1CCN(S(=O)(=O)c2ccc3ccccc3c2)CC1. The highest BCUT2D eigenvalue weighted by Gasteiger charge is 2.34. The zero-order valence-electron chi connectivity index (χ0n) is 14.5. The van der Waals surface area contributed by atoms with Gasteiger partial charge in [-0.25, -0.2) is 8.42 Å². The average Bonchev–Trinajstić information content (AvgIpc) is 3.22. The first kappa shape index (κ1) is 17.5. The first-order valence-corrected chi connectivity index (χ1v) is 10.4. The van der Waals surface area contributed by atoms with Gasteiger partial charge >= 0.3 is 0 Å². The zero-order chi connectivity index (χ0) is 18.1. The normalized spacial score (nSPS) is 22.0. The molecule has 7 heteroatoms. The van der Waals surface area contributed by atoms with E-state index < -0.39 is 10.0 Å². The fourth-order valence-electron chi connectivity index (χ4n) is 3.60. The predicted octanol–water partition coefficient (Wildman–Crippen LogP) is 1.85. The van der Waals surface area contributed by atoms with Gasteiger partial charge in [-0.1, -0.05) is 30.3 Å². The minimum Gasteiger partial charge on any atom is -0.368 e. The van der Waals surface area contributed by atoms with E-state index in [1.807, 2.05) is 30.3 Å². The maximum atomic E-state index is 13.0. The highest BCUT2D eigenvalue weighted by molar-refractivity contribution is 7.89. The fraction of sp³-hybridized carbons (Fsp3) is 0.421.